The van der Waals surface area contributed by atoms with Crippen LogP contribution in [-0.4, -0.2) is 59.1 Å². The van der Waals surface area contributed by atoms with E-state index in [1.54, 1.807) is 0 Å². The molecule has 28 heavy (non-hydrogen) atoms. The first-order valence-corrected chi connectivity index (χ1v) is 10.3. The SMILES string of the molecule is CC(C)[C@H](c1nnnn1C[C@H]1CCCO1)[NH+]1CCN(c2ccc(F)cc2)CC1. The van der Waals surface area contributed by atoms with Gasteiger partial charge in [0.1, 0.15) is 5.82 Å². The standard InChI is InChI=1S/C20H29FN6O/c1-15(2)19(20-22-23-24-27(20)14-18-4-3-13-28-18)26-11-9-25(10-12-26)17-7-5-16(21)6-8-17/h5-8,15,18-19H,3-4,9-14H2,1-2H3/p+1/t18-,19-/m1/s1. The number of benzene rings is 1. The molecule has 0 radical (unpaired) electrons. The van der Waals surface area contributed by atoms with Gasteiger partial charge >= 0.3 is 0 Å². The van der Waals surface area contributed by atoms with E-state index in [4.69, 9.17) is 4.74 Å². The summed E-state index contributed by atoms with van der Waals surface area (Å²) in [7, 11) is 0. The first-order chi connectivity index (χ1) is 13.6. The van der Waals surface area contributed by atoms with Gasteiger partial charge in [-0.1, -0.05) is 13.8 Å². The summed E-state index contributed by atoms with van der Waals surface area (Å²) in [4.78, 5) is 3.84. The summed E-state index contributed by atoms with van der Waals surface area (Å²) in [5.41, 5.74) is 1.09. The lowest BCUT2D eigenvalue weighted by molar-refractivity contribution is -0.937. The van der Waals surface area contributed by atoms with Crippen LogP contribution in [0.5, 0.6) is 0 Å². The number of quaternary nitrogens is 1. The van der Waals surface area contributed by atoms with Gasteiger partial charge in [-0.2, -0.15) is 0 Å². The molecule has 2 aromatic rings. The zero-order valence-electron chi connectivity index (χ0n) is 16.7. The van der Waals surface area contributed by atoms with Crippen molar-refractivity contribution in [3.8, 4) is 0 Å². The number of tetrazole rings is 1. The number of nitrogens with zero attached hydrogens (tertiary/aromatic N) is 5. The third kappa shape index (κ3) is 4.17. The Labute approximate surface area is 165 Å². The van der Waals surface area contributed by atoms with Crippen molar-refractivity contribution in [3.05, 3.63) is 35.9 Å². The minimum Gasteiger partial charge on any atom is -0.376 e. The normalized spacial score (nSPS) is 22.1. The van der Waals surface area contributed by atoms with Gasteiger partial charge in [-0.3, -0.25) is 0 Å². The number of nitrogens with one attached hydrogen (secondary N) is 1. The zero-order valence-corrected chi connectivity index (χ0v) is 16.7. The van der Waals surface area contributed by atoms with E-state index in [-0.39, 0.29) is 18.0 Å². The molecule has 2 saturated heterocycles. The molecule has 0 unspecified atom stereocenters. The molecule has 1 aromatic heterocycles. The Morgan fingerprint density at radius 1 is 1.21 bits per heavy atom. The van der Waals surface area contributed by atoms with E-state index >= 15 is 0 Å². The smallest absolute Gasteiger partial charge is 0.209 e. The van der Waals surface area contributed by atoms with Gasteiger partial charge in [-0.15, -0.1) is 5.10 Å². The molecule has 0 amide bonds. The summed E-state index contributed by atoms with van der Waals surface area (Å²) in [6, 6.07) is 7.05. The Morgan fingerprint density at radius 3 is 2.61 bits per heavy atom. The number of piperazine rings is 1. The molecule has 0 aliphatic carbocycles. The van der Waals surface area contributed by atoms with E-state index in [1.807, 2.05) is 16.8 Å². The molecule has 8 heteroatoms. The fourth-order valence-corrected chi connectivity index (χ4v) is 4.51. The molecule has 2 atom stereocenters. The van der Waals surface area contributed by atoms with Gasteiger partial charge in [-0.25, -0.2) is 9.07 Å². The number of anilines is 1. The number of rotatable bonds is 6. The lowest BCUT2D eigenvalue weighted by atomic mass is 10.0. The molecule has 2 fully saturated rings. The summed E-state index contributed by atoms with van der Waals surface area (Å²) < 4.78 is 20.9. The van der Waals surface area contributed by atoms with Crippen molar-refractivity contribution < 1.29 is 14.0 Å². The molecule has 0 saturated carbocycles. The van der Waals surface area contributed by atoms with Crippen LogP contribution in [0.1, 0.15) is 38.6 Å². The lowest BCUT2D eigenvalue weighted by Crippen LogP contribution is -3.15. The Morgan fingerprint density at radius 2 is 1.96 bits per heavy atom. The van der Waals surface area contributed by atoms with Gasteiger partial charge in [0, 0.05) is 18.2 Å². The number of hydrogen-bond donors (Lipinski definition) is 1. The highest BCUT2D eigenvalue weighted by Gasteiger charge is 2.35. The number of halogens is 1. The summed E-state index contributed by atoms with van der Waals surface area (Å²) in [6.07, 6.45) is 2.42. The summed E-state index contributed by atoms with van der Waals surface area (Å²) in [5.74, 6) is 1.21. The van der Waals surface area contributed by atoms with Crippen LogP contribution in [0.2, 0.25) is 0 Å². The van der Waals surface area contributed by atoms with Gasteiger partial charge in [0.05, 0.1) is 38.8 Å². The third-order valence-corrected chi connectivity index (χ3v) is 5.94. The Hall–Kier alpha value is -2.06. The minimum atomic E-state index is -0.189. The first-order valence-electron chi connectivity index (χ1n) is 10.3. The lowest BCUT2D eigenvalue weighted by Gasteiger charge is -2.38. The summed E-state index contributed by atoms with van der Waals surface area (Å²) in [5, 5.41) is 12.7. The van der Waals surface area contributed by atoms with E-state index in [1.165, 1.54) is 17.0 Å². The van der Waals surface area contributed by atoms with E-state index in [0.717, 1.165) is 63.7 Å². The third-order valence-electron chi connectivity index (χ3n) is 5.94. The molecule has 2 aliphatic rings. The maximum Gasteiger partial charge on any atom is 0.209 e. The Kier molecular flexibility index (Phi) is 5.87. The van der Waals surface area contributed by atoms with Crippen LogP contribution in [0.4, 0.5) is 10.1 Å². The minimum absolute atomic E-state index is 0.189. The van der Waals surface area contributed by atoms with Crippen molar-refractivity contribution in [1.29, 1.82) is 0 Å². The maximum absolute atomic E-state index is 13.2. The van der Waals surface area contributed by atoms with Crippen LogP contribution < -0.4 is 9.80 Å². The van der Waals surface area contributed by atoms with Crippen molar-refractivity contribution in [2.45, 2.75) is 45.4 Å². The highest BCUT2D eigenvalue weighted by Crippen LogP contribution is 2.20. The number of aromatic nitrogens is 4. The zero-order chi connectivity index (χ0) is 19.5. The molecule has 1 aromatic carbocycles. The average molecular weight is 389 g/mol. The van der Waals surface area contributed by atoms with Crippen LogP contribution in [0, 0.1) is 11.7 Å². The molecular formula is C20H30FN6O+. The molecule has 1 N–H and O–H groups in total. The van der Waals surface area contributed by atoms with Crippen molar-refractivity contribution in [2.75, 3.05) is 37.7 Å². The van der Waals surface area contributed by atoms with E-state index in [0.29, 0.717) is 5.92 Å². The van der Waals surface area contributed by atoms with E-state index in [2.05, 4.69) is 34.3 Å². The second-order valence-electron chi connectivity index (χ2n) is 8.20. The fourth-order valence-electron chi connectivity index (χ4n) is 4.51. The molecule has 152 valence electrons. The van der Waals surface area contributed by atoms with Crippen molar-refractivity contribution >= 4 is 5.69 Å². The maximum atomic E-state index is 13.2. The second-order valence-corrected chi connectivity index (χ2v) is 8.20. The number of hydrogen-bond acceptors (Lipinski definition) is 5. The van der Waals surface area contributed by atoms with Crippen LogP contribution >= 0.6 is 0 Å². The highest BCUT2D eigenvalue weighted by molar-refractivity contribution is 5.46. The molecule has 3 heterocycles. The van der Waals surface area contributed by atoms with Crippen LogP contribution in [0.15, 0.2) is 24.3 Å². The Balaban J connectivity index is 1.44. The van der Waals surface area contributed by atoms with Gasteiger partial charge in [0.25, 0.3) is 0 Å². The largest absolute Gasteiger partial charge is 0.376 e. The summed E-state index contributed by atoms with van der Waals surface area (Å²) in [6.45, 7) is 9.96. The second kappa shape index (κ2) is 8.53. The topological polar surface area (TPSA) is 60.5 Å². The predicted octanol–water partition coefficient (Wildman–Crippen LogP) is 1.09. The van der Waals surface area contributed by atoms with E-state index < -0.39 is 0 Å². The predicted molar refractivity (Wildman–Crippen MR) is 104 cm³/mol. The quantitative estimate of drug-likeness (QED) is 0.802. The Bertz CT molecular complexity index is 750. The highest BCUT2D eigenvalue weighted by atomic mass is 19.1. The van der Waals surface area contributed by atoms with Crippen LogP contribution in [0.25, 0.3) is 0 Å². The van der Waals surface area contributed by atoms with Crippen molar-refractivity contribution in [2.24, 2.45) is 5.92 Å². The van der Waals surface area contributed by atoms with Gasteiger partial charge in [0.2, 0.25) is 5.82 Å². The molecular weight excluding hydrogens is 359 g/mol. The molecule has 4 rings (SSSR count). The van der Waals surface area contributed by atoms with Gasteiger partial charge in [-0.05, 0) is 47.5 Å². The first kappa shape index (κ1) is 19.3. The molecule has 2 aliphatic heterocycles. The van der Waals surface area contributed by atoms with Crippen molar-refractivity contribution in [1.82, 2.24) is 20.2 Å². The van der Waals surface area contributed by atoms with Crippen molar-refractivity contribution in [3.63, 3.8) is 0 Å². The monoisotopic (exact) mass is 389 g/mol. The van der Waals surface area contributed by atoms with E-state index in [9.17, 15) is 4.39 Å². The molecule has 0 bridgehead atoms. The molecule has 7 nitrogen and oxygen atoms in total. The summed E-state index contributed by atoms with van der Waals surface area (Å²) >= 11 is 0. The van der Waals surface area contributed by atoms with Crippen LogP contribution in [0.3, 0.4) is 0 Å². The molecule has 0 spiro atoms. The van der Waals surface area contributed by atoms with Gasteiger partial charge < -0.3 is 14.5 Å². The fraction of sp³-hybridized carbons (Fsp3) is 0.650. The number of ether oxygens (including phenoxy) is 1. The average Bonchev–Trinajstić information content (AvgIpc) is 3.36. The van der Waals surface area contributed by atoms with Crippen LogP contribution in [-0.2, 0) is 11.3 Å². The van der Waals surface area contributed by atoms with Gasteiger partial charge in [0.15, 0.2) is 6.04 Å².